The normalized spacial score (nSPS) is 17.5. The number of piperidine rings is 2. The van der Waals surface area contributed by atoms with E-state index in [1.165, 1.54) is 6.42 Å². The molecule has 33 heavy (non-hydrogen) atoms. The van der Waals surface area contributed by atoms with Crippen LogP contribution in [0.2, 0.25) is 0 Å². The third-order valence-corrected chi connectivity index (χ3v) is 8.50. The van der Waals surface area contributed by atoms with Crippen molar-refractivity contribution in [3.05, 3.63) is 46.9 Å². The van der Waals surface area contributed by atoms with Gasteiger partial charge in [-0.05, 0) is 74.6 Å². The first-order valence-electron chi connectivity index (χ1n) is 11.5. The summed E-state index contributed by atoms with van der Waals surface area (Å²) in [6, 6.07) is 12.3. The number of hydrogen-bond acceptors (Lipinski definition) is 5. The Balaban J connectivity index is 1.55. The molecule has 9 heteroatoms. The number of ether oxygens (including phenoxy) is 1. The van der Waals surface area contributed by atoms with Gasteiger partial charge in [-0.25, -0.2) is 8.42 Å². The van der Waals surface area contributed by atoms with Gasteiger partial charge in [0.15, 0.2) is 6.61 Å². The molecule has 0 spiro atoms. The van der Waals surface area contributed by atoms with E-state index in [0.717, 1.165) is 55.4 Å². The number of carbonyl (C=O) groups is 1. The topological polar surface area (TPSA) is 78.9 Å². The highest BCUT2D eigenvalue weighted by atomic mass is 79.9. The van der Waals surface area contributed by atoms with Crippen LogP contribution in [0.4, 0.5) is 11.4 Å². The summed E-state index contributed by atoms with van der Waals surface area (Å²) < 4.78 is 34.5. The number of halogens is 1. The zero-order valence-electron chi connectivity index (χ0n) is 18.6. The van der Waals surface area contributed by atoms with Crippen molar-refractivity contribution in [2.45, 2.75) is 43.4 Å². The van der Waals surface area contributed by atoms with Crippen LogP contribution in [-0.4, -0.2) is 51.4 Å². The molecule has 7 nitrogen and oxygen atoms in total. The second kappa shape index (κ2) is 10.9. The molecule has 178 valence electrons. The van der Waals surface area contributed by atoms with Gasteiger partial charge in [-0.2, -0.15) is 4.31 Å². The largest absolute Gasteiger partial charge is 0.484 e. The van der Waals surface area contributed by atoms with Crippen LogP contribution in [0.1, 0.15) is 38.5 Å². The van der Waals surface area contributed by atoms with Crippen molar-refractivity contribution in [3.8, 4) is 5.75 Å². The van der Waals surface area contributed by atoms with Crippen LogP contribution in [0.5, 0.6) is 5.75 Å². The Bertz CT molecular complexity index is 1060. The van der Waals surface area contributed by atoms with Gasteiger partial charge in [-0.15, -0.1) is 0 Å². The number of anilines is 2. The lowest BCUT2D eigenvalue weighted by molar-refractivity contribution is -0.118. The predicted molar refractivity (Wildman–Crippen MR) is 133 cm³/mol. The van der Waals surface area contributed by atoms with Crippen LogP contribution in [-0.2, 0) is 14.8 Å². The van der Waals surface area contributed by atoms with Crippen molar-refractivity contribution >= 4 is 43.2 Å². The lowest BCUT2D eigenvalue weighted by atomic mass is 10.1. The predicted octanol–water partition coefficient (Wildman–Crippen LogP) is 4.63. The average molecular weight is 536 g/mol. The zero-order chi connectivity index (χ0) is 23.3. The van der Waals surface area contributed by atoms with Gasteiger partial charge in [0.2, 0.25) is 10.0 Å². The molecule has 4 rings (SSSR count). The second-order valence-corrected chi connectivity index (χ2v) is 11.3. The molecule has 0 unspecified atom stereocenters. The molecule has 2 aromatic carbocycles. The van der Waals surface area contributed by atoms with E-state index < -0.39 is 10.0 Å². The first-order chi connectivity index (χ1) is 15.9. The van der Waals surface area contributed by atoms with Crippen LogP contribution < -0.4 is 15.0 Å². The molecule has 0 radical (unpaired) electrons. The molecule has 0 bridgehead atoms. The summed E-state index contributed by atoms with van der Waals surface area (Å²) >= 11 is 3.37. The fourth-order valence-corrected chi connectivity index (χ4v) is 6.11. The Morgan fingerprint density at radius 2 is 1.55 bits per heavy atom. The Hall–Kier alpha value is -2.10. The van der Waals surface area contributed by atoms with Crippen molar-refractivity contribution in [1.29, 1.82) is 0 Å². The van der Waals surface area contributed by atoms with Gasteiger partial charge in [0.25, 0.3) is 5.91 Å². The van der Waals surface area contributed by atoms with Crippen molar-refractivity contribution in [2.75, 3.05) is 43.0 Å². The molecule has 2 heterocycles. The molecule has 0 saturated carbocycles. The molecule has 2 aliphatic heterocycles. The maximum absolute atomic E-state index is 13.2. The summed E-state index contributed by atoms with van der Waals surface area (Å²) in [5, 5.41) is 2.91. The molecule has 0 aromatic heterocycles. The minimum Gasteiger partial charge on any atom is -0.484 e. The van der Waals surface area contributed by atoms with E-state index in [1.807, 2.05) is 18.2 Å². The van der Waals surface area contributed by atoms with E-state index in [9.17, 15) is 13.2 Å². The number of hydrogen-bond donors (Lipinski definition) is 1. The number of amides is 1. The Kier molecular flexibility index (Phi) is 7.93. The number of nitrogens with one attached hydrogen (secondary N) is 1. The van der Waals surface area contributed by atoms with Crippen LogP contribution >= 0.6 is 15.9 Å². The first-order valence-corrected chi connectivity index (χ1v) is 13.7. The number of rotatable bonds is 7. The fourth-order valence-electron chi connectivity index (χ4n) is 4.31. The van der Waals surface area contributed by atoms with E-state index >= 15 is 0 Å². The molecular weight excluding hydrogens is 506 g/mol. The highest BCUT2D eigenvalue weighted by Gasteiger charge is 2.27. The van der Waals surface area contributed by atoms with Gasteiger partial charge in [0, 0.05) is 30.7 Å². The second-order valence-electron chi connectivity index (χ2n) is 8.48. The molecule has 2 aromatic rings. The maximum atomic E-state index is 13.2. The average Bonchev–Trinajstić information content (AvgIpc) is 2.85. The van der Waals surface area contributed by atoms with E-state index in [0.29, 0.717) is 24.5 Å². The van der Waals surface area contributed by atoms with Gasteiger partial charge >= 0.3 is 0 Å². The fraction of sp³-hybridized carbons (Fsp3) is 0.458. The number of sulfonamides is 1. The lowest BCUT2D eigenvalue weighted by Gasteiger charge is -2.31. The highest BCUT2D eigenvalue weighted by molar-refractivity contribution is 9.10. The summed E-state index contributed by atoms with van der Waals surface area (Å²) in [6.45, 7) is 2.69. The van der Waals surface area contributed by atoms with E-state index in [-0.39, 0.29) is 17.4 Å². The monoisotopic (exact) mass is 535 g/mol. The number of benzene rings is 2. The van der Waals surface area contributed by atoms with Crippen LogP contribution in [0.25, 0.3) is 0 Å². The molecule has 2 saturated heterocycles. The van der Waals surface area contributed by atoms with Gasteiger partial charge in [-0.3, -0.25) is 4.79 Å². The van der Waals surface area contributed by atoms with Gasteiger partial charge in [0.05, 0.1) is 16.3 Å². The minimum atomic E-state index is -3.60. The maximum Gasteiger partial charge on any atom is 0.262 e. The highest BCUT2D eigenvalue weighted by Crippen LogP contribution is 2.32. The van der Waals surface area contributed by atoms with Crippen molar-refractivity contribution in [3.63, 3.8) is 0 Å². The molecule has 0 aliphatic carbocycles. The quantitative estimate of drug-likeness (QED) is 0.559. The molecule has 1 amide bonds. The molecule has 1 N–H and O–H groups in total. The Labute approximate surface area is 204 Å². The van der Waals surface area contributed by atoms with Crippen LogP contribution in [0.15, 0.2) is 51.8 Å². The number of nitrogens with zero attached hydrogens (tertiary/aromatic N) is 2. The standard InChI is InChI=1S/C24H30BrN3O4S/c25-19-7-9-20(10-8-19)32-18-24(29)26-22-17-21(33(30,31)28-15-5-2-6-16-28)11-12-23(22)27-13-3-1-4-14-27/h7-12,17H,1-6,13-16,18H2,(H,26,29). The van der Waals surface area contributed by atoms with E-state index in [4.69, 9.17) is 4.74 Å². The first kappa shape index (κ1) is 24.0. The van der Waals surface area contributed by atoms with E-state index in [2.05, 4.69) is 26.1 Å². The SMILES string of the molecule is O=C(COc1ccc(Br)cc1)Nc1cc(S(=O)(=O)N2CCCCC2)ccc1N1CCCCC1. The third kappa shape index (κ3) is 6.07. The zero-order valence-corrected chi connectivity index (χ0v) is 21.0. The Morgan fingerprint density at radius 3 is 2.21 bits per heavy atom. The van der Waals surface area contributed by atoms with Gasteiger partial charge < -0.3 is 15.0 Å². The third-order valence-electron chi connectivity index (χ3n) is 6.08. The number of carbonyl (C=O) groups excluding carboxylic acids is 1. The van der Waals surface area contributed by atoms with Crippen LogP contribution in [0, 0.1) is 0 Å². The van der Waals surface area contributed by atoms with E-state index in [1.54, 1.807) is 28.6 Å². The molecule has 0 atom stereocenters. The lowest BCUT2D eigenvalue weighted by Crippen LogP contribution is -2.36. The van der Waals surface area contributed by atoms with Gasteiger partial charge in [0.1, 0.15) is 5.75 Å². The molecule has 2 fully saturated rings. The smallest absolute Gasteiger partial charge is 0.262 e. The summed E-state index contributed by atoms with van der Waals surface area (Å²) in [5.74, 6) is 0.259. The van der Waals surface area contributed by atoms with Crippen molar-refractivity contribution in [1.82, 2.24) is 4.31 Å². The molecular formula is C24H30BrN3O4S. The summed E-state index contributed by atoms with van der Waals surface area (Å²) in [6.07, 6.45) is 6.15. The summed E-state index contributed by atoms with van der Waals surface area (Å²) in [5.41, 5.74) is 1.36. The van der Waals surface area contributed by atoms with Crippen LogP contribution in [0.3, 0.4) is 0 Å². The van der Waals surface area contributed by atoms with Gasteiger partial charge in [-0.1, -0.05) is 22.4 Å². The van der Waals surface area contributed by atoms with Crippen molar-refractivity contribution in [2.24, 2.45) is 0 Å². The summed E-state index contributed by atoms with van der Waals surface area (Å²) in [4.78, 5) is 15.2. The minimum absolute atomic E-state index is 0.163. The molecule has 2 aliphatic rings. The summed E-state index contributed by atoms with van der Waals surface area (Å²) in [7, 11) is -3.60. The van der Waals surface area contributed by atoms with Crippen molar-refractivity contribution < 1.29 is 17.9 Å². The Morgan fingerprint density at radius 1 is 0.909 bits per heavy atom.